The first kappa shape index (κ1) is 21.6. The number of nitrogens with two attached hydrogens (primary N) is 1. The van der Waals surface area contributed by atoms with Crippen LogP contribution in [0.3, 0.4) is 0 Å². The van der Waals surface area contributed by atoms with Crippen molar-refractivity contribution in [3.8, 4) is 0 Å². The SMILES string of the molecule is Cc1ccc(C(CN2CCN[C@H](C)C2)OC2CCN(S(N)(=O)=O)CC2)cc1F. The van der Waals surface area contributed by atoms with E-state index in [-0.39, 0.29) is 18.0 Å². The lowest BCUT2D eigenvalue weighted by Gasteiger charge is -2.37. The maximum atomic E-state index is 14.2. The molecule has 0 saturated carbocycles. The van der Waals surface area contributed by atoms with Crippen LogP contribution in [0, 0.1) is 12.7 Å². The number of piperidine rings is 1. The molecule has 28 heavy (non-hydrogen) atoms. The van der Waals surface area contributed by atoms with E-state index in [4.69, 9.17) is 9.88 Å². The van der Waals surface area contributed by atoms with Crippen LogP contribution in [0.5, 0.6) is 0 Å². The summed E-state index contributed by atoms with van der Waals surface area (Å²) in [6, 6.07) is 5.67. The van der Waals surface area contributed by atoms with Crippen LogP contribution in [0.1, 0.15) is 37.0 Å². The summed E-state index contributed by atoms with van der Waals surface area (Å²) in [5, 5.41) is 8.64. The minimum absolute atomic E-state index is 0.0762. The summed E-state index contributed by atoms with van der Waals surface area (Å²) in [5.74, 6) is -0.233. The number of ether oxygens (including phenoxy) is 1. The molecule has 3 N–H and O–H groups in total. The molecule has 1 aromatic rings. The van der Waals surface area contributed by atoms with Gasteiger partial charge in [-0.15, -0.1) is 0 Å². The summed E-state index contributed by atoms with van der Waals surface area (Å²) in [5.41, 5.74) is 1.43. The van der Waals surface area contributed by atoms with Gasteiger partial charge in [-0.3, -0.25) is 4.90 Å². The number of benzene rings is 1. The second-order valence-corrected chi connectivity index (χ2v) is 9.44. The van der Waals surface area contributed by atoms with E-state index in [0.29, 0.717) is 44.1 Å². The maximum absolute atomic E-state index is 14.2. The molecule has 1 unspecified atom stereocenters. The molecule has 0 spiro atoms. The van der Waals surface area contributed by atoms with Crippen LogP contribution in [0.4, 0.5) is 4.39 Å². The third-order valence-corrected chi connectivity index (χ3v) is 6.65. The Bertz CT molecular complexity index is 768. The van der Waals surface area contributed by atoms with Gasteiger partial charge in [0, 0.05) is 45.3 Å². The number of halogens is 1. The Balaban J connectivity index is 1.70. The van der Waals surface area contributed by atoms with Crippen LogP contribution in [-0.2, 0) is 14.9 Å². The lowest BCUT2D eigenvalue weighted by molar-refractivity contribution is -0.0518. The number of aryl methyl sites for hydroxylation is 1. The molecule has 0 radical (unpaired) electrons. The van der Waals surface area contributed by atoms with Crippen molar-refractivity contribution >= 4 is 10.2 Å². The van der Waals surface area contributed by atoms with E-state index < -0.39 is 10.2 Å². The lowest BCUT2D eigenvalue weighted by Crippen LogP contribution is -2.50. The van der Waals surface area contributed by atoms with Crippen molar-refractivity contribution in [3.05, 3.63) is 35.1 Å². The monoisotopic (exact) mass is 414 g/mol. The standard InChI is InChI=1S/C19H31FN4O3S/c1-14-3-4-16(11-18(14)20)19(13-23-10-7-22-15(2)12-23)27-17-5-8-24(9-6-17)28(21,25)26/h3-4,11,15,17,19,22H,5-10,12-13H2,1-2H3,(H2,21,25,26)/t15-,19?/m1/s1. The Kier molecular flexibility index (Phi) is 7.06. The van der Waals surface area contributed by atoms with Crippen molar-refractivity contribution in [2.75, 3.05) is 39.3 Å². The van der Waals surface area contributed by atoms with Gasteiger partial charge in [0.15, 0.2) is 0 Å². The molecule has 2 saturated heterocycles. The van der Waals surface area contributed by atoms with E-state index >= 15 is 0 Å². The number of rotatable bonds is 6. The fraction of sp³-hybridized carbons (Fsp3) is 0.684. The fourth-order valence-corrected chi connectivity index (χ4v) is 4.62. The van der Waals surface area contributed by atoms with Gasteiger partial charge in [0.25, 0.3) is 10.2 Å². The van der Waals surface area contributed by atoms with E-state index in [1.165, 1.54) is 4.31 Å². The van der Waals surface area contributed by atoms with Gasteiger partial charge in [0.1, 0.15) is 5.82 Å². The predicted octanol–water partition coefficient (Wildman–Crippen LogP) is 1.15. The average molecular weight is 415 g/mol. The molecule has 0 aliphatic carbocycles. The number of nitrogens with zero attached hydrogens (tertiary/aromatic N) is 2. The van der Waals surface area contributed by atoms with Gasteiger partial charge in [-0.05, 0) is 43.9 Å². The van der Waals surface area contributed by atoms with Crippen LogP contribution in [0.15, 0.2) is 18.2 Å². The third kappa shape index (κ3) is 5.71. The van der Waals surface area contributed by atoms with Crippen LogP contribution in [-0.4, -0.2) is 69.0 Å². The zero-order chi connectivity index (χ0) is 20.3. The molecule has 1 aromatic carbocycles. The Morgan fingerprint density at radius 2 is 2.04 bits per heavy atom. The zero-order valence-electron chi connectivity index (χ0n) is 16.6. The van der Waals surface area contributed by atoms with Crippen molar-refractivity contribution in [1.82, 2.24) is 14.5 Å². The Morgan fingerprint density at radius 1 is 1.32 bits per heavy atom. The van der Waals surface area contributed by atoms with Crippen LogP contribution < -0.4 is 10.5 Å². The molecule has 0 bridgehead atoms. The van der Waals surface area contributed by atoms with Crippen LogP contribution in [0.25, 0.3) is 0 Å². The summed E-state index contributed by atoms with van der Waals surface area (Å²) in [6.45, 7) is 8.03. The molecule has 2 fully saturated rings. The highest BCUT2D eigenvalue weighted by Gasteiger charge is 2.29. The molecule has 0 amide bonds. The normalized spacial score (nSPS) is 24.4. The lowest BCUT2D eigenvalue weighted by atomic mass is 10.0. The summed E-state index contributed by atoms with van der Waals surface area (Å²) < 4.78 is 44.9. The van der Waals surface area contributed by atoms with Gasteiger partial charge in [-0.25, -0.2) is 9.53 Å². The second-order valence-electron chi connectivity index (χ2n) is 7.89. The average Bonchev–Trinajstić information content (AvgIpc) is 2.63. The van der Waals surface area contributed by atoms with Crippen molar-refractivity contribution < 1.29 is 17.5 Å². The third-order valence-electron chi connectivity index (χ3n) is 5.56. The number of nitrogens with one attached hydrogen (secondary N) is 1. The largest absolute Gasteiger partial charge is 0.369 e. The first-order valence-corrected chi connectivity index (χ1v) is 11.4. The minimum Gasteiger partial charge on any atom is -0.369 e. The molecule has 3 rings (SSSR count). The van der Waals surface area contributed by atoms with Crippen LogP contribution in [0.2, 0.25) is 0 Å². The quantitative estimate of drug-likeness (QED) is 0.729. The Morgan fingerprint density at radius 3 is 2.64 bits per heavy atom. The molecular weight excluding hydrogens is 383 g/mol. The first-order chi connectivity index (χ1) is 13.2. The Labute approximate surface area is 167 Å². The fourth-order valence-electron chi connectivity index (χ4n) is 3.90. The Hall–Kier alpha value is -1.10. The molecule has 7 nitrogen and oxygen atoms in total. The van der Waals surface area contributed by atoms with Gasteiger partial charge in [0.05, 0.1) is 12.2 Å². The number of hydrogen-bond donors (Lipinski definition) is 2. The van der Waals surface area contributed by atoms with Crippen molar-refractivity contribution in [2.45, 2.75) is 44.9 Å². The highest BCUT2D eigenvalue weighted by atomic mass is 32.2. The summed E-state index contributed by atoms with van der Waals surface area (Å²) in [7, 11) is -3.66. The van der Waals surface area contributed by atoms with Crippen molar-refractivity contribution in [3.63, 3.8) is 0 Å². The van der Waals surface area contributed by atoms with Gasteiger partial charge in [0.2, 0.25) is 0 Å². The summed E-state index contributed by atoms with van der Waals surface area (Å²) >= 11 is 0. The summed E-state index contributed by atoms with van der Waals surface area (Å²) in [4.78, 5) is 2.34. The van der Waals surface area contributed by atoms with Gasteiger partial charge >= 0.3 is 0 Å². The molecule has 2 aliphatic rings. The molecule has 2 heterocycles. The molecule has 2 atom stereocenters. The molecule has 0 aromatic heterocycles. The van der Waals surface area contributed by atoms with Crippen molar-refractivity contribution in [2.24, 2.45) is 5.14 Å². The minimum atomic E-state index is -3.66. The number of hydrogen-bond acceptors (Lipinski definition) is 5. The highest BCUT2D eigenvalue weighted by molar-refractivity contribution is 7.86. The maximum Gasteiger partial charge on any atom is 0.276 e. The highest BCUT2D eigenvalue weighted by Crippen LogP contribution is 2.27. The number of piperazine rings is 1. The predicted molar refractivity (Wildman–Crippen MR) is 107 cm³/mol. The van der Waals surface area contributed by atoms with Gasteiger partial charge in [-0.1, -0.05) is 12.1 Å². The molecular formula is C19H31FN4O3S. The summed E-state index contributed by atoms with van der Waals surface area (Å²) in [6.07, 6.45) is 0.831. The first-order valence-electron chi connectivity index (χ1n) is 9.87. The molecule has 2 aliphatic heterocycles. The van der Waals surface area contributed by atoms with E-state index in [9.17, 15) is 12.8 Å². The second kappa shape index (κ2) is 9.15. The van der Waals surface area contributed by atoms with E-state index in [2.05, 4.69) is 17.1 Å². The zero-order valence-corrected chi connectivity index (χ0v) is 17.4. The molecule has 9 heteroatoms. The van der Waals surface area contributed by atoms with Gasteiger partial charge in [-0.2, -0.15) is 12.7 Å². The van der Waals surface area contributed by atoms with E-state index in [1.54, 1.807) is 19.1 Å². The van der Waals surface area contributed by atoms with Crippen molar-refractivity contribution in [1.29, 1.82) is 0 Å². The van der Waals surface area contributed by atoms with Gasteiger partial charge < -0.3 is 10.1 Å². The molecule has 158 valence electrons. The van der Waals surface area contributed by atoms with E-state index in [1.807, 2.05) is 6.07 Å². The van der Waals surface area contributed by atoms with Crippen LogP contribution >= 0.6 is 0 Å². The smallest absolute Gasteiger partial charge is 0.276 e. The van der Waals surface area contributed by atoms with E-state index in [0.717, 1.165) is 25.2 Å². The topological polar surface area (TPSA) is 87.9 Å².